The fraction of sp³-hybridized carbons (Fsp3) is 0.0952. The second-order valence-corrected chi connectivity index (χ2v) is 7.40. The van der Waals surface area contributed by atoms with Gasteiger partial charge < -0.3 is 4.90 Å². The minimum atomic E-state index is -0.176. The molecule has 2 aromatic carbocycles. The molecule has 0 radical (unpaired) electrons. The molecule has 0 amide bonds. The zero-order valence-corrected chi connectivity index (χ0v) is 15.9. The van der Waals surface area contributed by atoms with E-state index < -0.39 is 0 Å². The molecule has 0 saturated heterocycles. The van der Waals surface area contributed by atoms with Crippen LogP contribution in [0.2, 0.25) is 0 Å². The molecule has 0 atom stereocenters. The van der Waals surface area contributed by atoms with Gasteiger partial charge in [0, 0.05) is 22.9 Å². The Hall–Kier alpha value is -2.99. The zero-order valence-electron chi connectivity index (χ0n) is 14.3. The molecule has 2 aromatic heterocycles. The molecule has 0 unspecified atom stereocenters. The van der Waals surface area contributed by atoms with Crippen LogP contribution in [0.1, 0.15) is 5.56 Å². The first kappa shape index (κ1) is 16.2. The lowest BCUT2D eigenvalue weighted by atomic mass is 10.0. The molecule has 0 aliphatic carbocycles. The molecule has 0 bridgehead atoms. The van der Waals surface area contributed by atoms with E-state index in [9.17, 15) is 4.79 Å². The first-order valence-corrected chi connectivity index (χ1v) is 9.50. The minimum Gasteiger partial charge on any atom is -0.311 e. The molecule has 0 saturated carbocycles. The van der Waals surface area contributed by atoms with Gasteiger partial charge in [0.15, 0.2) is 5.65 Å². The molecule has 1 aliphatic rings. The number of hydrogen-bond acceptors (Lipinski definition) is 4. The van der Waals surface area contributed by atoms with Gasteiger partial charge in [0.25, 0.3) is 5.56 Å². The highest BCUT2D eigenvalue weighted by Crippen LogP contribution is 2.33. The number of pyridine rings is 1. The summed E-state index contributed by atoms with van der Waals surface area (Å²) in [4.78, 5) is 27.0. The van der Waals surface area contributed by atoms with Crippen LogP contribution in [-0.4, -0.2) is 21.5 Å². The Bertz CT molecular complexity index is 1220. The van der Waals surface area contributed by atoms with E-state index in [1.54, 1.807) is 6.20 Å². The topological polar surface area (TPSA) is 61.9 Å². The quantitative estimate of drug-likeness (QED) is 0.522. The van der Waals surface area contributed by atoms with Gasteiger partial charge in [-0.2, -0.15) is 4.98 Å². The Balaban J connectivity index is 1.67. The molecule has 1 N–H and O–H groups in total. The lowest BCUT2D eigenvalue weighted by molar-refractivity contribution is 0.938. The van der Waals surface area contributed by atoms with Crippen LogP contribution < -0.4 is 10.5 Å². The lowest BCUT2D eigenvalue weighted by Gasteiger charge is -2.18. The number of anilines is 2. The number of aromatic amines is 1. The normalized spacial score (nSPS) is 13.1. The third-order valence-electron chi connectivity index (χ3n) is 4.89. The van der Waals surface area contributed by atoms with Crippen LogP contribution in [0, 0.1) is 0 Å². The molecule has 4 aromatic rings. The van der Waals surface area contributed by atoms with Crippen molar-refractivity contribution in [2.24, 2.45) is 0 Å². The Morgan fingerprint density at radius 2 is 1.85 bits per heavy atom. The third-order valence-corrected chi connectivity index (χ3v) is 5.42. The highest BCUT2D eigenvalue weighted by atomic mass is 79.9. The van der Waals surface area contributed by atoms with Crippen LogP contribution in [-0.2, 0) is 6.42 Å². The van der Waals surface area contributed by atoms with Crippen molar-refractivity contribution in [1.82, 2.24) is 15.0 Å². The van der Waals surface area contributed by atoms with Gasteiger partial charge in [0.1, 0.15) is 0 Å². The summed E-state index contributed by atoms with van der Waals surface area (Å²) in [6.07, 6.45) is 2.64. The number of hydrogen-bond donors (Lipinski definition) is 1. The van der Waals surface area contributed by atoms with Crippen molar-refractivity contribution in [3.8, 4) is 11.1 Å². The molecular formula is C21H15BrN4O. The van der Waals surface area contributed by atoms with Crippen molar-refractivity contribution >= 4 is 38.6 Å². The number of halogens is 1. The van der Waals surface area contributed by atoms with Crippen LogP contribution in [0.4, 0.5) is 11.6 Å². The van der Waals surface area contributed by atoms with Crippen molar-refractivity contribution in [2.45, 2.75) is 6.42 Å². The molecule has 0 fully saturated rings. The van der Waals surface area contributed by atoms with E-state index in [1.807, 2.05) is 47.4 Å². The fourth-order valence-corrected chi connectivity index (χ4v) is 3.87. The standard InChI is InChI=1S/C21H15BrN4O/c22-15-7-5-13(6-8-15)16-9-11-23-19-18(16)20(27)25-21(24-19)26-12-10-14-3-1-2-4-17(14)26/h1-9,11H,10,12H2,(H,23,24,25,27). The van der Waals surface area contributed by atoms with E-state index >= 15 is 0 Å². The number of aromatic nitrogens is 3. The van der Waals surface area contributed by atoms with E-state index in [-0.39, 0.29) is 5.56 Å². The average molecular weight is 419 g/mol. The van der Waals surface area contributed by atoms with Crippen molar-refractivity contribution in [2.75, 3.05) is 11.4 Å². The number of fused-ring (bicyclic) bond motifs is 2. The van der Waals surface area contributed by atoms with Gasteiger partial charge in [-0.15, -0.1) is 0 Å². The van der Waals surface area contributed by atoms with Gasteiger partial charge >= 0.3 is 0 Å². The van der Waals surface area contributed by atoms with Crippen LogP contribution >= 0.6 is 15.9 Å². The van der Waals surface area contributed by atoms with E-state index in [2.05, 4.69) is 43.0 Å². The first-order chi connectivity index (χ1) is 13.2. The summed E-state index contributed by atoms with van der Waals surface area (Å²) in [6, 6.07) is 17.9. The summed E-state index contributed by atoms with van der Waals surface area (Å²) in [7, 11) is 0. The Labute approximate surface area is 163 Å². The average Bonchev–Trinajstić information content (AvgIpc) is 3.12. The number of nitrogens with zero attached hydrogens (tertiary/aromatic N) is 3. The molecular weight excluding hydrogens is 404 g/mol. The molecule has 5 rings (SSSR count). The predicted octanol–water partition coefficient (Wildman–Crippen LogP) is 4.44. The second kappa shape index (κ2) is 6.32. The predicted molar refractivity (Wildman–Crippen MR) is 110 cm³/mol. The summed E-state index contributed by atoms with van der Waals surface area (Å²) >= 11 is 3.44. The fourth-order valence-electron chi connectivity index (χ4n) is 3.61. The Kier molecular flexibility index (Phi) is 3.79. The summed E-state index contributed by atoms with van der Waals surface area (Å²) in [5, 5.41) is 0.510. The van der Waals surface area contributed by atoms with Crippen molar-refractivity contribution < 1.29 is 0 Å². The van der Waals surface area contributed by atoms with Gasteiger partial charge in [-0.1, -0.05) is 46.3 Å². The second-order valence-electron chi connectivity index (χ2n) is 6.48. The number of nitrogens with one attached hydrogen (secondary N) is 1. The van der Waals surface area contributed by atoms with Gasteiger partial charge in [-0.25, -0.2) is 4.98 Å². The Morgan fingerprint density at radius 1 is 1.04 bits per heavy atom. The Morgan fingerprint density at radius 3 is 2.70 bits per heavy atom. The summed E-state index contributed by atoms with van der Waals surface area (Å²) < 4.78 is 0.992. The zero-order chi connectivity index (χ0) is 18.4. The third kappa shape index (κ3) is 2.73. The summed E-state index contributed by atoms with van der Waals surface area (Å²) in [5.41, 5.74) is 4.41. The minimum absolute atomic E-state index is 0.176. The number of benzene rings is 2. The van der Waals surface area contributed by atoms with Gasteiger partial charge in [-0.3, -0.25) is 9.78 Å². The summed E-state index contributed by atoms with van der Waals surface area (Å²) in [5.74, 6) is 0.540. The van der Waals surface area contributed by atoms with Crippen molar-refractivity contribution in [1.29, 1.82) is 0 Å². The van der Waals surface area contributed by atoms with Crippen LogP contribution in [0.3, 0.4) is 0 Å². The number of rotatable bonds is 2. The molecule has 0 spiro atoms. The monoisotopic (exact) mass is 418 g/mol. The summed E-state index contributed by atoms with van der Waals surface area (Å²) in [6.45, 7) is 0.792. The maximum Gasteiger partial charge on any atom is 0.262 e. The molecule has 1 aliphatic heterocycles. The van der Waals surface area contributed by atoms with Gasteiger partial charge in [0.2, 0.25) is 5.95 Å². The maximum atomic E-state index is 13.0. The number of para-hydroxylation sites is 1. The molecule has 27 heavy (non-hydrogen) atoms. The largest absolute Gasteiger partial charge is 0.311 e. The first-order valence-electron chi connectivity index (χ1n) is 8.71. The highest BCUT2D eigenvalue weighted by Gasteiger charge is 2.23. The van der Waals surface area contributed by atoms with Crippen molar-refractivity contribution in [3.05, 3.63) is 81.2 Å². The molecule has 5 nitrogen and oxygen atoms in total. The van der Waals surface area contributed by atoms with Crippen LogP contribution in [0.5, 0.6) is 0 Å². The molecule has 132 valence electrons. The van der Waals surface area contributed by atoms with Gasteiger partial charge in [0.05, 0.1) is 5.39 Å². The lowest BCUT2D eigenvalue weighted by Crippen LogP contribution is -2.21. The smallest absolute Gasteiger partial charge is 0.262 e. The van der Waals surface area contributed by atoms with Crippen LogP contribution in [0.25, 0.3) is 22.2 Å². The SMILES string of the molecule is O=c1[nH]c(N2CCc3ccccc32)nc2nccc(-c3ccc(Br)cc3)c12. The van der Waals surface area contributed by atoms with Crippen molar-refractivity contribution in [3.63, 3.8) is 0 Å². The van der Waals surface area contributed by atoms with Gasteiger partial charge in [-0.05, 0) is 47.4 Å². The molecule has 6 heteroatoms. The van der Waals surface area contributed by atoms with E-state index in [4.69, 9.17) is 0 Å². The van der Waals surface area contributed by atoms with E-state index in [1.165, 1.54) is 5.56 Å². The highest BCUT2D eigenvalue weighted by molar-refractivity contribution is 9.10. The van der Waals surface area contributed by atoms with Crippen LogP contribution in [0.15, 0.2) is 70.1 Å². The molecule has 3 heterocycles. The number of H-pyrrole nitrogens is 1. The van der Waals surface area contributed by atoms with E-state index in [0.717, 1.165) is 34.3 Å². The maximum absolute atomic E-state index is 13.0. The van der Waals surface area contributed by atoms with E-state index in [0.29, 0.717) is 17.0 Å².